The van der Waals surface area contributed by atoms with Crippen molar-refractivity contribution in [3.05, 3.63) is 35.9 Å². The van der Waals surface area contributed by atoms with Crippen molar-refractivity contribution in [2.75, 3.05) is 13.6 Å². The number of hydrogen-bond acceptors (Lipinski definition) is 3. The van der Waals surface area contributed by atoms with Gasteiger partial charge < -0.3 is 9.80 Å². The fraction of sp³-hybridized carbons (Fsp3) is 0.600. The average Bonchev–Trinajstić information content (AvgIpc) is 3.16. The number of carbonyl (C=O) groups is 2. The molecule has 3 fully saturated rings. The SMILES string of the molecule is CN(C(=O)c1ccccc1)C1CC2CCC(C1)N2C(=O)C1CC(F)(F)CN1. The molecule has 0 saturated carbocycles. The van der Waals surface area contributed by atoms with E-state index in [1.165, 1.54) is 0 Å². The number of nitrogens with zero attached hydrogens (tertiary/aromatic N) is 2. The zero-order valence-electron chi connectivity index (χ0n) is 15.4. The molecule has 3 atom stereocenters. The standard InChI is InChI=1S/C20H25F2N3O2/c1-24(18(26)13-5-3-2-4-6-13)16-9-14-7-8-15(10-16)25(14)19(27)17-11-20(21,22)12-23-17/h2-6,14-17,23H,7-12H2,1H3. The van der Waals surface area contributed by atoms with Gasteiger partial charge in [0.05, 0.1) is 12.6 Å². The molecule has 0 radical (unpaired) electrons. The summed E-state index contributed by atoms with van der Waals surface area (Å²) in [7, 11) is 1.82. The highest BCUT2D eigenvalue weighted by atomic mass is 19.3. The Balaban J connectivity index is 1.43. The molecule has 2 amide bonds. The van der Waals surface area contributed by atoms with Crippen LogP contribution in [-0.4, -0.2) is 65.3 Å². The Bertz CT molecular complexity index is 713. The fourth-order valence-electron chi connectivity index (χ4n) is 4.84. The Morgan fingerprint density at radius 1 is 1.15 bits per heavy atom. The average molecular weight is 377 g/mol. The van der Waals surface area contributed by atoms with Crippen LogP contribution < -0.4 is 5.32 Å². The van der Waals surface area contributed by atoms with Crippen molar-refractivity contribution in [2.24, 2.45) is 0 Å². The molecule has 0 aliphatic carbocycles. The van der Waals surface area contributed by atoms with Crippen molar-refractivity contribution in [1.82, 2.24) is 15.1 Å². The number of nitrogens with one attached hydrogen (secondary N) is 1. The van der Waals surface area contributed by atoms with Gasteiger partial charge in [0.25, 0.3) is 11.8 Å². The molecule has 3 aliphatic heterocycles. The smallest absolute Gasteiger partial charge is 0.262 e. The van der Waals surface area contributed by atoms with Gasteiger partial charge in [0.2, 0.25) is 5.91 Å². The maximum atomic E-state index is 13.5. The lowest BCUT2D eigenvalue weighted by Crippen LogP contribution is -2.56. The minimum absolute atomic E-state index is 0.0168. The van der Waals surface area contributed by atoms with Crippen LogP contribution in [0.1, 0.15) is 42.5 Å². The topological polar surface area (TPSA) is 52.7 Å². The number of alkyl halides is 2. The van der Waals surface area contributed by atoms with Gasteiger partial charge in [-0.05, 0) is 37.8 Å². The van der Waals surface area contributed by atoms with Gasteiger partial charge in [-0.1, -0.05) is 18.2 Å². The number of benzene rings is 1. The van der Waals surface area contributed by atoms with Gasteiger partial charge in [0.15, 0.2) is 0 Å². The van der Waals surface area contributed by atoms with E-state index >= 15 is 0 Å². The van der Waals surface area contributed by atoms with Crippen molar-refractivity contribution in [1.29, 1.82) is 0 Å². The Hall–Kier alpha value is -2.02. The molecule has 1 N–H and O–H groups in total. The number of rotatable bonds is 3. The number of hydrogen-bond donors (Lipinski definition) is 1. The highest BCUT2D eigenvalue weighted by molar-refractivity contribution is 5.94. The van der Waals surface area contributed by atoms with Crippen LogP contribution in [0, 0.1) is 0 Å². The maximum Gasteiger partial charge on any atom is 0.262 e. The van der Waals surface area contributed by atoms with E-state index in [1.54, 1.807) is 17.0 Å². The second kappa shape index (κ2) is 6.86. The van der Waals surface area contributed by atoms with Crippen LogP contribution in [-0.2, 0) is 4.79 Å². The van der Waals surface area contributed by atoms with Crippen LogP contribution in [0.15, 0.2) is 30.3 Å². The van der Waals surface area contributed by atoms with Crippen LogP contribution in [0.3, 0.4) is 0 Å². The third-order valence-electron chi connectivity index (χ3n) is 6.26. The summed E-state index contributed by atoms with van der Waals surface area (Å²) in [4.78, 5) is 29.2. The minimum Gasteiger partial charge on any atom is -0.339 e. The number of piperidine rings is 1. The van der Waals surface area contributed by atoms with Gasteiger partial charge in [-0.15, -0.1) is 0 Å². The summed E-state index contributed by atoms with van der Waals surface area (Å²) in [5, 5.41) is 2.68. The van der Waals surface area contributed by atoms with Crippen LogP contribution in [0.5, 0.6) is 0 Å². The second-order valence-corrected chi connectivity index (χ2v) is 8.03. The lowest BCUT2D eigenvalue weighted by molar-refractivity contribution is -0.139. The molecule has 0 spiro atoms. The number of fused-ring (bicyclic) bond motifs is 2. The first-order chi connectivity index (χ1) is 12.9. The summed E-state index contributed by atoms with van der Waals surface area (Å²) in [6.45, 7) is -0.427. The summed E-state index contributed by atoms with van der Waals surface area (Å²) in [6.07, 6.45) is 2.76. The molecule has 0 aromatic heterocycles. The maximum absolute atomic E-state index is 13.5. The molecule has 4 rings (SSSR count). The van der Waals surface area contributed by atoms with Crippen molar-refractivity contribution in [3.63, 3.8) is 0 Å². The van der Waals surface area contributed by atoms with Gasteiger partial charge >= 0.3 is 0 Å². The van der Waals surface area contributed by atoms with E-state index in [-0.39, 0.29) is 29.9 Å². The zero-order chi connectivity index (χ0) is 19.2. The molecule has 1 aromatic carbocycles. The molecule has 7 heteroatoms. The number of amides is 2. The first-order valence-electron chi connectivity index (χ1n) is 9.61. The largest absolute Gasteiger partial charge is 0.339 e. The summed E-state index contributed by atoms with van der Waals surface area (Å²) < 4.78 is 26.9. The molecule has 3 aliphatic rings. The van der Waals surface area contributed by atoms with Crippen LogP contribution in [0.2, 0.25) is 0 Å². The van der Waals surface area contributed by atoms with E-state index in [9.17, 15) is 18.4 Å². The highest BCUT2D eigenvalue weighted by Crippen LogP contribution is 2.39. The van der Waals surface area contributed by atoms with E-state index in [2.05, 4.69) is 5.32 Å². The van der Waals surface area contributed by atoms with Crippen LogP contribution in [0.25, 0.3) is 0 Å². The summed E-state index contributed by atoms with van der Waals surface area (Å²) in [5.41, 5.74) is 0.656. The molecule has 5 nitrogen and oxygen atoms in total. The first-order valence-corrected chi connectivity index (χ1v) is 9.61. The molecule has 3 heterocycles. The minimum atomic E-state index is -2.81. The van der Waals surface area contributed by atoms with E-state index in [4.69, 9.17) is 0 Å². The van der Waals surface area contributed by atoms with Crippen molar-refractivity contribution in [2.45, 2.75) is 62.2 Å². The third kappa shape index (κ3) is 3.45. The molecular weight excluding hydrogens is 352 g/mol. The van der Waals surface area contributed by atoms with E-state index < -0.39 is 24.9 Å². The summed E-state index contributed by atoms with van der Waals surface area (Å²) in [5.74, 6) is -3.02. The molecule has 27 heavy (non-hydrogen) atoms. The predicted molar refractivity (Wildman–Crippen MR) is 96.6 cm³/mol. The van der Waals surface area contributed by atoms with Gasteiger partial charge in [0, 0.05) is 37.2 Å². The van der Waals surface area contributed by atoms with E-state index in [0.717, 1.165) is 12.8 Å². The Labute approximate surface area is 157 Å². The highest BCUT2D eigenvalue weighted by Gasteiger charge is 2.50. The molecular formula is C20H25F2N3O2. The number of carbonyl (C=O) groups excluding carboxylic acids is 2. The van der Waals surface area contributed by atoms with Crippen LogP contribution >= 0.6 is 0 Å². The third-order valence-corrected chi connectivity index (χ3v) is 6.26. The zero-order valence-corrected chi connectivity index (χ0v) is 15.4. The van der Waals surface area contributed by atoms with Gasteiger partial charge in [0.1, 0.15) is 0 Å². The normalized spacial score (nSPS) is 31.7. The van der Waals surface area contributed by atoms with Crippen molar-refractivity contribution < 1.29 is 18.4 Å². The summed E-state index contributed by atoms with van der Waals surface area (Å²) >= 11 is 0. The van der Waals surface area contributed by atoms with Crippen molar-refractivity contribution >= 4 is 11.8 Å². The number of halogens is 2. The Morgan fingerprint density at radius 2 is 1.78 bits per heavy atom. The lowest BCUT2D eigenvalue weighted by atomic mass is 9.94. The Kier molecular flexibility index (Phi) is 4.66. The predicted octanol–water partition coefficient (Wildman–Crippen LogP) is 2.28. The monoisotopic (exact) mass is 377 g/mol. The first kappa shape index (κ1) is 18.3. The molecule has 146 valence electrons. The molecule has 3 unspecified atom stereocenters. The molecule has 1 aromatic rings. The fourth-order valence-corrected chi connectivity index (χ4v) is 4.84. The van der Waals surface area contributed by atoms with Gasteiger partial charge in [-0.25, -0.2) is 8.78 Å². The van der Waals surface area contributed by atoms with Crippen LogP contribution in [0.4, 0.5) is 8.78 Å². The van der Waals surface area contributed by atoms with Crippen molar-refractivity contribution in [3.8, 4) is 0 Å². The lowest BCUT2D eigenvalue weighted by Gasteiger charge is -2.43. The van der Waals surface area contributed by atoms with Gasteiger partial charge in [-0.2, -0.15) is 0 Å². The van der Waals surface area contributed by atoms with E-state index in [0.29, 0.717) is 18.4 Å². The molecule has 3 saturated heterocycles. The Morgan fingerprint density at radius 3 is 2.33 bits per heavy atom. The van der Waals surface area contributed by atoms with Gasteiger partial charge in [-0.3, -0.25) is 14.9 Å². The summed E-state index contributed by atoms with van der Waals surface area (Å²) in [6, 6.07) is 8.51. The second-order valence-electron chi connectivity index (χ2n) is 8.03. The molecule has 2 bridgehead atoms. The quantitative estimate of drug-likeness (QED) is 0.879. The van der Waals surface area contributed by atoms with E-state index in [1.807, 2.05) is 30.1 Å².